The molecule has 0 radical (unpaired) electrons. The van der Waals surface area contributed by atoms with Crippen molar-refractivity contribution < 1.29 is 9.53 Å². The van der Waals surface area contributed by atoms with Crippen molar-refractivity contribution in [3.63, 3.8) is 0 Å². The van der Waals surface area contributed by atoms with Crippen molar-refractivity contribution in [3.8, 4) is 11.4 Å². The molecule has 1 fully saturated rings. The molecule has 0 unspecified atom stereocenters. The van der Waals surface area contributed by atoms with Crippen LogP contribution in [0.25, 0.3) is 22.4 Å². The van der Waals surface area contributed by atoms with Crippen LogP contribution in [0.3, 0.4) is 0 Å². The molecule has 0 bridgehead atoms. The highest BCUT2D eigenvalue weighted by Crippen LogP contribution is 2.31. The number of anilines is 1. The Balaban J connectivity index is 1.57. The van der Waals surface area contributed by atoms with Crippen molar-refractivity contribution in [2.45, 2.75) is 58.8 Å². The lowest BCUT2D eigenvalue weighted by atomic mass is 10.2. The number of hydrogen-bond donors (Lipinski definition) is 0. The fraction of sp³-hybridized carbons (Fsp3) is 0.385. The number of benzene rings is 1. The SMILES string of the molecule is CCn1ccc(Cn2c(-c3ccc(N4[C@@H](C)CC[C@@H]4C)nc3)nc3cc(C(=O)OC)ccc32)n1. The molecule has 4 aromatic rings. The van der Waals surface area contributed by atoms with E-state index in [9.17, 15) is 4.79 Å². The second-order valence-electron chi connectivity index (χ2n) is 8.97. The highest BCUT2D eigenvalue weighted by molar-refractivity contribution is 5.94. The van der Waals surface area contributed by atoms with Crippen molar-refractivity contribution in [1.29, 1.82) is 0 Å². The maximum Gasteiger partial charge on any atom is 0.337 e. The van der Waals surface area contributed by atoms with Crippen LogP contribution in [0.4, 0.5) is 5.82 Å². The van der Waals surface area contributed by atoms with E-state index in [1.165, 1.54) is 20.0 Å². The predicted octanol–water partition coefficient (Wildman–Crippen LogP) is 4.53. The summed E-state index contributed by atoms with van der Waals surface area (Å²) in [6.07, 6.45) is 6.26. The molecule has 3 aromatic heterocycles. The summed E-state index contributed by atoms with van der Waals surface area (Å²) in [6, 6.07) is 12.7. The van der Waals surface area contributed by atoms with Crippen LogP contribution in [-0.2, 0) is 17.8 Å². The third kappa shape index (κ3) is 3.93. The lowest BCUT2D eigenvalue weighted by molar-refractivity contribution is 0.0601. The van der Waals surface area contributed by atoms with Gasteiger partial charge in [-0.05, 0) is 70.0 Å². The zero-order valence-corrected chi connectivity index (χ0v) is 20.1. The number of fused-ring (bicyclic) bond motifs is 1. The highest BCUT2D eigenvalue weighted by atomic mass is 16.5. The van der Waals surface area contributed by atoms with Crippen LogP contribution in [0.5, 0.6) is 0 Å². The van der Waals surface area contributed by atoms with Crippen LogP contribution in [0.2, 0.25) is 0 Å². The summed E-state index contributed by atoms with van der Waals surface area (Å²) in [7, 11) is 1.38. The Labute approximate surface area is 199 Å². The monoisotopic (exact) mass is 458 g/mol. The van der Waals surface area contributed by atoms with Crippen LogP contribution >= 0.6 is 0 Å². The molecule has 8 nitrogen and oxygen atoms in total. The number of rotatable bonds is 6. The van der Waals surface area contributed by atoms with Gasteiger partial charge in [0.05, 0.1) is 35.9 Å². The van der Waals surface area contributed by atoms with Gasteiger partial charge in [0.15, 0.2) is 0 Å². The van der Waals surface area contributed by atoms with Crippen molar-refractivity contribution in [2.75, 3.05) is 12.0 Å². The molecule has 176 valence electrons. The molecule has 5 rings (SSSR count). The molecule has 0 spiro atoms. The van der Waals surface area contributed by atoms with E-state index in [4.69, 9.17) is 14.7 Å². The van der Waals surface area contributed by atoms with Gasteiger partial charge in [0.25, 0.3) is 0 Å². The van der Waals surface area contributed by atoms with E-state index in [-0.39, 0.29) is 5.97 Å². The first kappa shape index (κ1) is 22.1. The summed E-state index contributed by atoms with van der Waals surface area (Å²) >= 11 is 0. The van der Waals surface area contributed by atoms with E-state index >= 15 is 0 Å². The van der Waals surface area contributed by atoms with Crippen LogP contribution in [0.15, 0.2) is 48.8 Å². The number of carbonyl (C=O) groups excluding carboxylic acids is 1. The topological polar surface area (TPSA) is 78.1 Å². The van der Waals surface area contributed by atoms with Crippen molar-refractivity contribution in [3.05, 3.63) is 60.0 Å². The number of pyridine rings is 1. The summed E-state index contributed by atoms with van der Waals surface area (Å²) in [5.41, 5.74) is 4.02. The van der Waals surface area contributed by atoms with Gasteiger partial charge in [-0.25, -0.2) is 14.8 Å². The van der Waals surface area contributed by atoms with Gasteiger partial charge in [0.2, 0.25) is 0 Å². The van der Waals surface area contributed by atoms with Crippen molar-refractivity contribution >= 4 is 22.8 Å². The number of methoxy groups -OCH3 is 1. The molecule has 0 amide bonds. The van der Waals surface area contributed by atoms with Crippen LogP contribution in [-0.4, -0.2) is 49.5 Å². The first-order valence-corrected chi connectivity index (χ1v) is 11.8. The van der Waals surface area contributed by atoms with Crippen LogP contribution in [0.1, 0.15) is 49.7 Å². The van der Waals surface area contributed by atoms with E-state index in [1.54, 1.807) is 12.1 Å². The van der Waals surface area contributed by atoms with Gasteiger partial charge in [-0.15, -0.1) is 0 Å². The molecular formula is C26H30N6O2. The fourth-order valence-corrected chi connectivity index (χ4v) is 4.90. The number of carbonyl (C=O) groups is 1. The Morgan fingerprint density at radius 2 is 1.91 bits per heavy atom. The van der Waals surface area contributed by atoms with Gasteiger partial charge >= 0.3 is 5.97 Å². The average molecular weight is 459 g/mol. The summed E-state index contributed by atoms with van der Waals surface area (Å²) in [5.74, 6) is 1.42. The zero-order chi connectivity index (χ0) is 23.8. The maximum atomic E-state index is 12.1. The molecule has 0 saturated carbocycles. The number of hydrogen-bond acceptors (Lipinski definition) is 6. The second-order valence-corrected chi connectivity index (χ2v) is 8.97. The first-order valence-electron chi connectivity index (χ1n) is 11.8. The molecule has 34 heavy (non-hydrogen) atoms. The Morgan fingerprint density at radius 1 is 1.12 bits per heavy atom. The molecule has 1 aromatic carbocycles. The maximum absolute atomic E-state index is 12.1. The van der Waals surface area contributed by atoms with Crippen molar-refractivity contribution in [2.24, 2.45) is 0 Å². The molecule has 1 saturated heterocycles. The van der Waals surface area contributed by atoms with E-state index in [1.807, 2.05) is 29.2 Å². The number of aryl methyl sites for hydroxylation is 1. The molecule has 1 aliphatic heterocycles. The number of imidazole rings is 1. The Hall–Kier alpha value is -3.68. The summed E-state index contributed by atoms with van der Waals surface area (Å²) in [6.45, 7) is 7.97. The highest BCUT2D eigenvalue weighted by Gasteiger charge is 2.28. The van der Waals surface area contributed by atoms with Gasteiger partial charge in [0, 0.05) is 36.6 Å². The number of aromatic nitrogens is 5. The Kier molecular flexibility index (Phi) is 5.81. The van der Waals surface area contributed by atoms with Gasteiger partial charge in [-0.3, -0.25) is 4.68 Å². The van der Waals surface area contributed by atoms with E-state index in [0.717, 1.165) is 40.5 Å². The van der Waals surface area contributed by atoms with Crippen LogP contribution < -0.4 is 4.90 Å². The lowest BCUT2D eigenvalue weighted by Crippen LogP contribution is -2.33. The smallest absolute Gasteiger partial charge is 0.337 e. The zero-order valence-electron chi connectivity index (χ0n) is 20.1. The summed E-state index contributed by atoms with van der Waals surface area (Å²) < 4.78 is 8.95. The number of nitrogens with zero attached hydrogens (tertiary/aromatic N) is 6. The molecule has 1 aliphatic rings. The largest absolute Gasteiger partial charge is 0.465 e. The Morgan fingerprint density at radius 3 is 2.56 bits per heavy atom. The quantitative estimate of drug-likeness (QED) is 0.395. The van der Waals surface area contributed by atoms with Gasteiger partial charge in [0.1, 0.15) is 11.6 Å². The number of esters is 1. The summed E-state index contributed by atoms with van der Waals surface area (Å²) in [4.78, 5) is 24.2. The third-order valence-corrected chi connectivity index (χ3v) is 6.73. The van der Waals surface area contributed by atoms with E-state index in [0.29, 0.717) is 24.2 Å². The Bertz CT molecular complexity index is 1310. The molecule has 2 atom stereocenters. The molecule has 0 N–H and O–H groups in total. The van der Waals surface area contributed by atoms with Crippen molar-refractivity contribution in [1.82, 2.24) is 24.3 Å². The third-order valence-electron chi connectivity index (χ3n) is 6.73. The minimum atomic E-state index is -0.375. The molecule has 0 aliphatic carbocycles. The van der Waals surface area contributed by atoms with E-state index < -0.39 is 0 Å². The summed E-state index contributed by atoms with van der Waals surface area (Å²) in [5, 5.41) is 4.66. The first-order chi connectivity index (χ1) is 16.5. The fourth-order valence-electron chi connectivity index (χ4n) is 4.90. The predicted molar refractivity (Wildman–Crippen MR) is 132 cm³/mol. The second kappa shape index (κ2) is 8.93. The molecular weight excluding hydrogens is 428 g/mol. The normalized spacial score (nSPS) is 18.1. The lowest BCUT2D eigenvalue weighted by Gasteiger charge is -2.27. The molecule has 4 heterocycles. The van der Waals surface area contributed by atoms with Crippen LogP contribution in [0, 0.1) is 0 Å². The average Bonchev–Trinajstić information content (AvgIpc) is 3.56. The minimum absolute atomic E-state index is 0.375. The number of ether oxygens (including phenoxy) is 1. The van der Waals surface area contributed by atoms with Gasteiger partial charge in [-0.1, -0.05) is 0 Å². The van der Waals surface area contributed by atoms with Gasteiger partial charge < -0.3 is 14.2 Å². The minimum Gasteiger partial charge on any atom is -0.465 e. The van der Waals surface area contributed by atoms with Gasteiger partial charge in [-0.2, -0.15) is 5.10 Å². The van der Waals surface area contributed by atoms with E-state index in [2.05, 4.69) is 47.5 Å². The molecule has 8 heteroatoms. The standard InChI is InChI=1S/C26H30N6O2/c1-5-30-13-12-21(29-30)16-31-23-10-8-19(26(33)34-4)14-22(23)28-25(31)20-9-11-24(27-15-20)32-17(2)6-7-18(32)3/h8-15,17-18H,5-7,16H2,1-4H3/t17-,18-/m0/s1.